The number of nitrogens with two attached hydrogens (primary N) is 1. The van der Waals surface area contributed by atoms with Crippen LogP contribution in [0.2, 0.25) is 10.0 Å². The maximum Gasteiger partial charge on any atom is 0.314 e. The van der Waals surface area contributed by atoms with Gasteiger partial charge in [-0.25, -0.2) is 4.79 Å². The van der Waals surface area contributed by atoms with Crippen molar-refractivity contribution in [3.63, 3.8) is 0 Å². The number of nitrogens with zero attached hydrogens (tertiary/aromatic N) is 8. The Bertz CT molecular complexity index is 2700. The Morgan fingerprint density at radius 1 is 0.753 bits per heavy atom. The van der Waals surface area contributed by atoms with Crippen molar-refractivity contribution in [1.82, 2.24) is 29.4 Å². The molecule has 2 N–H and O–H groups in total. The van der Waals surface area contributed by atoms with Gasteiger partial charge in [0, 0.05) is 122 Å². The van der Waals surface area contributed by atoms with E-state index in [4.69, 9.17) is 50.5 Å². The normalized spacial score (nSPS) is 23.3. The lowest BCUT2D eigenvalue weighted by Crippen LogP contribution is -2.58. The fourth-order valence-corrected chi connectivity index (χ4v) is 14.3. The van der Waals surface area contributed by atoms with Gasteiger partial charge in [-0.15, -0.1) is 0 Å². The van der Waals surface area contributed by atoms with Crippen LogP contribution < -0.4 is 5.73 Å². The first kappa shape index (κ1) is 70.2. The minimum absolute atomic E-state index is 0.121. The molecule has 5 fully saturated rings. The summed E-state index contributed by atoms with van der Waals surface area (Å²) >= 11 is 25.0. The quantitative estimate of drug-likeness (QED) is 0.0956. The predicted molar refractivity (Wildman–Crippen MR) is 357 cm³/mol. The summed E-state index contributed by atoms with van der Waals surface area (Å²) in [6, 6.07) is 13.4. The van der Waals surface area contributed by atoms with Crippen LogP contribution in [0.3, 0.4) is 0 Å². The predicted octanol–water partition coefficient (Wildman–Crippen LogP) is 14.1. The van der Waals surface area contributed by atoms with E-state index in [0.717, 1.165) is 173 Å². The second-order valence-corrected chi connectivity index (χ2v) is 27.2. The number of rotatable bonds is 12. The van der Waals surface area contributed by atoms with E-state index in [9.17, 15) is 19.2 Å². The number of carbonyl (C=O) groups is 4. The van der Waals surface area contributed by atoms with Gasteiger partial charge in [-0.2, -0.15) is 0 Å². The van der Waals surface area contributed by atoms with Crippen molar-refractivity contribution in [1.29, 1.82) is 0 Å². The number of aryl methyl sites for hydroxylation is 2. The number of ether oxygens (including phenoxy) is 1. The Hall–Kier alpha value is -3.87. The first-order valence-corrected chi connectivity index (χ1v) is 33.9. The number of hydrogen-bond acceptors (Lipinski definition) is 10. The molecule has 9 rings (SSSR count). The van der Waals surface area contributed by atoms with Crippen LogP contribution in [0.15, 0.2) is 92.1 Å². The number of aliphatic imine (C=N–C) groups is 2. The van der Waals surface area contributed by atoms with E-state index >= 15 is 0 Å². The number of hydrogen-bond donors (Lipinski definition) is 1. The smallest absolute Gasteiger partial charge is 0.314 e. The third-order valence-electron chi connectivity index (χ3n) is 18.1. The average molecular weight is 1360 g/mol. The lowest BCUT2D eigenvalue weighted by atomic mass is 9.78. The van der Waals surface area contributed by atoms with Gasteiger partial charge < -0.3 is 25.2 Å². The van der Waals surface area contributed by atoms with Crippen molar-refractivity contribution < 1.29 is 23.9 Å². The molecule has 0 saturated carbocycles. The number of primary amides is 1. The van der Waals surface area contributed by atoms with Gasteiger partial charge in [0.2, 0.25) is 11.8 Å². The Balaban J connectivity index is 0.000000244. The van der Waals surface area contributed by atoms with Crippen LogP contribution in [0.4, 0.5) is 4.79 Å². The molecule has 3 unspecified atom stereocenters. The molecule has 2 aromatic carbocycles. The van der Waals surface area contributed by atoms with Gasteiger partial charge in [-0.1, -0.05) is 98.9 Å². The van der Waals surface area contributed by atoms with Gasteiger partial charge in [0.25, 0.3) is 6.47 Å². The highest BCUT2D eigenvalue weighted by Gasteiger charge is 2.39. The third kappa shape index (κ3) is 20.6. The maximum absolute atomic E-state index is 13.3. The van der Waals surface area contributed by atoms with E-state index < -0.39 is 0 Å². The summed E-state index contributed by atoms with van der Waals surface area (Å²) in [5, 5.41) is 2.99. The minimum atomic E-state index is -0.352. The molecule has 2 aliphatic carbocycles. The SMILES string of the molecule is C=C(C)Cl.C=C1CCc2cc(Cl)ccc2C(N2CCC(C3CCN(C(C)=O)CC3)CC2)C1=N/C=C(\C)Br.CCC1=C(N=CCBr)C(N2CCC(N3CCN(C(=O)CC4CCN(C(N)=O)CC4)C(C)C3)CC2)c2ccc(Cl)cc2CC1.CCOC=O. The number of halogens is 5. The van der Waals surface area contributed by atoms with E-state index in [-0.39, 0.29) is 36.0 Å². The van der Waals surface area contributed by atoms with Crippen LogP contribution in [0.1, 0.15) is 153 Å². The van der Waals surface area contributed by atoms with Gasteiger partial charge in [-0.3, -0.25) is 39.1 Å². The number of alkyl halides is 1. The molecule has 7 aliphatic rings. The number of fused-ring (bicyclic) bond motifs is 2. The largest absolute Gasteiger partial charge is 0.468 e. The molecule has 3 atom stereocenters. The van der Waals surface area contributed by atoms with Crippen LogP contribution in [0, 0.1) is 17.8 Å². The van der Waals surface area contributed by atoms with Crippen LogP contribution in [-0.2, 0) is 32.0 Å². The zero-order valence-electron chi connectivity index (χ0n) is 51.3. The first-order chi connectivity index (χ1) is 40.8. The molecule has 0 spiro atoms. The summed E-state index contributed by atoms with van der Waals surface area (Å²) in [6.07, 6.45) is 18.0. The van der Waals surface area contributed by atoms with Crippen molar-refractivity contribution in [2.24, 2.45) is 33.5 Å². The van der Waals surface area contributed by atoms with E-state index in [2.05, 4.69) is 107 Å². The Kier molecular flexibility index (Phi) is 29.2. The number of urea groups is 1. The Labute approximate surface area is 540 Å². The van der Waals surface area contributed by atoms with Crippen LogP contribution in [-0.4, -0.2) is 162 Å². The van der Waals surface area contributed by atoms with Crippen molar-refractivity contribution in [3.05, 3.63) is 114 Å². The van der Waals surface area contributed by atoms with E-state index in [1.807, 2.05) is 36.4 Å². The molecule has 85 heavy (non-hydrogen) atoms. The molecule has 5 saturated heterocycles. The number of allylic oxidation sites excluding steroid dienone is 3. The molecular formula is C66H94Br2Cl3N9O5. The van der Waals surface area contributed by atoms with Gasteiger partial charge in [0.05, 0.1) is 30.1 Å². The van der Waals surface area contributed by atoms with Gasteiger partial charge in [0.1, 0.15) is 0 Å². The molecule has 0 radical (unpaired) electrons. The van der Waals surface area contributed by atoms with Crippen LogP contribution in [0.25, 0.3) is 0 Å². The topological polar surface area (TPSA) is 148 Å². The zero-order chi connectivity index (χ0) is 61.7. The summed E-state index contributed by atoms with van der Waals surface area (Å²) in [5.41, 5.74) is 15.7. The summed E-state index contributed by atoms with van der Waals surface area (Å²) in [4.78, 5) is 69.3. The molecule has 19 heteroatoms. The van der Waals surface area contributed by atoms with Crippen LogP contribution in [0.5, 0.6) is 0 Å². The second-order valence-electron chi connectivity index (χ2n) is 23.7. The molecule has 5 aliphatic heterocycles. The zero-order valence-corrected chi connectivity index (χ0v) is 56.8. The highest BCUT2D eigenvalue weighted by molar-refractivity contribution is 9.11. The fraction of sp³-hybridized carbons (Fsp3) is 0.606. The fourth-order valence-electron chi connectivity index (χ4n) is 13.7. The molecule has 0 bridgehead atoms. The standard InChI is InChI=1S/C33H48BrClN6O2.C27H35BrClN3O.C3H5Cl.C3H6O2/c1-3-25-4-5-26-21-27(35)6-7-29(26)32(31(25)37-13-12-34)38-16-10-28(11-17-38)40-18-19-41(23(2)22-40)30(42)20-24-8-14-39(15-9-24)33(36)43;1-18-4-5-23-16-24(29)6-7-25(23)27(26(18)30-17-19(2)28)32-14-10-22(11-15-32)21-8-12-31(13-9-21)20(3)33;1-3(2)4;1-2-5-3-4/h6-7,13,21,23-24,28,32H,3-5,8-12,14-20,22H2,1-2H3,(H2,36,43);6-7,16-17,21-22,27H,1,4-5,8-15H2,2-3H3;1H2,2H3;3H,2H2,1H3/b;19-17+,30-26?;;. The summed E-state index contributed by atoms with van der Waals surface area (Å²) < 4.78 is 5.16. The van der Waals surface area contributed by atoms with Gasteiger partial charge in [0.15, 0.2) is 0 Å². The second kappa shape index (κ2) is 35.4. The summed E-state index contributed by atoms with van der Waals surface area (Å²) in [7, 11) is 0. The van der Waals surface area contributed by atoms with Gasteiger partial charge in [-0.05, 0) is 200 Å². The van der Waals surface area contributed by atoms with Crippen molar-refractivity contribution in [2.75, 3.05) is 83.9 Å². The highest BCUT2D eigenvalue weighted by Crippen LogP contribution is 2.43. The molecule has 4 amide bonds. The lowest BCUT2D eigenvalue weighted by Gasteiger charge is -2.47. The third-order valence-corrected chi connectivity index (χ3v) is 19.1. The summed E-state index contributed by atoms with van der Waals surface area (Å²) in [5.74, 6) is 2.31. The Morgan fingerprint density at radius 2 is 1.29 bits per heavy atom. The van der Waals surface area contributed by atoms with Crippen LogP contribution >= 0.6 is 66.7 Å². The van der Waals surface area contributed by atoms with E-state index in [1.165, 1.54) is 46.4 Å². The number of carbonyl (C=O) groups excluding carboxylic acids is 4. The van der Waals surface area contributed by atoms with Crippen molar-refractivity contribution in [2.45, 2.75) is 156 Å². The first-order valence-electron chi connectivity index (χ1n) is 30.9. The van der Waals surface area contributed by atoms with Crippen molar-refractivity contribution >= 4 is 103 Å². The molecule has 5 heterocycles. The molecular weight excluding hydrogens is 1260 g/mol. The monoisotopic (exact) mass is 1360 g/mol. The number of likely N-dealkylation sites (tertiary alicyclic amines) is 4. The molecule has 2 aromatic rings. The minimum Gasteiger partial charge on any atom is -0.468 e. The van der Waals surface area contributed by atoms with Gasteiger partial charge >= 0.3 is 6.03 Å². The maximum atomic E-state index is 13.3. The number of piperazine rings is 1. The molecule has 14 nitrogen and oxygen atoms in total. The van der Waals surface area contributed by atoms with Crippen molar-refractivity contribution in [3.8, 4) is 0 Å². The van der Waals surface area contributed by atoms with E-state index in [0.29, 0.717) is 49.6 Å². The number of piperidine rings is 4. The average Bonchev–Trinajstić information content (AvgIpc) is 3.79. The Morgan fingerprint density at radius 3 is 1.80 bits per heavy atom. The van der Waals surface area contributed by atoms with E-state index in [1.54, 1.807) is 25.7 Å². The number of benzene rings is 2. The number of amides is 4. The summed E-state index contributed by atoms with van der Waals surface area (Å²) in [6.45, 7) is 30.3. The highest BCUT2D eigenvalue weighted by atomic mass is 79.9. The molecule has 0 aromatic heterocycles. The molecule has 468 valence electrons. The lowest BCUT2D eigenvalue weighted by molar-refractivity contribution is -0.137.